The fourth-order valence-electron chi connectivity index (χ4n) is 2.09. The smallest absolute Gasteiger partial charge is 0.272 e. The molecular formula is C12H16N2O2. The van der Waals surface area contributed by atoms with E-state index in [2.05, 4.69) is 0 Å². The Morgan fingerprint density at radius 1 is 1.50 bits per heavy atom. The van der Waals surface area contributed by atoms with Crippen molar-refractivity contribution >= 4 is 5.69 Å². The van der Waals surface area contributed by atoms with Crippen LogP contribution in [0.4, 0.5) is 5.69 Å². The van der Waals surface area contributed by atoms with Gasteiger partial charge in [-0.1, -0.05) is 12.1 Å². The maximum atomic E-state index is 10.9. The standard InChI is InChI=1S/C12H16N2O2/c1-9-3-2-4-11(14(15)16)10(9)7-12(8-13)5-6-12/h2-4H,5-8,13H2,1H3. The molecule has 0 saturated heterocycles. The minimum absolute atomic E-state index is 0.136. The van der Waals surface area contributed by atoms with Crippen LogP contribution in [-0.2, 0) is 6.42 Å². The summed E-state index contributed by atoms with van der Waals surface area (Å²) >= 11 is 0. The molecule has 4 heteroatoms. The number of nitro groups is 1. The van der Waals surface area contributed by atoms with Gasteiger partial charge in [0.05, 0.1) is 4.92 Å². The van der Waals surface area contributed by atoms with E-state index in [1.807, 2.05) is 13.0 Å². The van der Waals surface area contributed by atoms with Crippen molar-refractivity contribution in [2.45, 2.75) is 26.2 Å². The van der Waals surface area contributed by atoms with Gasteiger partial charge in [0.2, 0.25) is 0 Å². The number of nitrogens with two attached hydrogens (primary N) is 1. The van der Waals surface area contributed by atoms with Crippen LogP contribution in [0.15, 0.2) is 18.2 Å². The number of nitro benzene ring substituents is 1. The zero-order chi connectivity index (χ0) is 11.8. The molecule has 0 unspecified atom stereocenters. The van der Waals surface area contributed by atoms with E-state index in [1.54, 1.807) is 12.1 Å². The molecule has 16 heavy (non-hydrogen) atoms. The normalized spacial score (nSPS) is 17.1. The Morgan fingerprint density at radius 3 is 2.69 bits per heavy atom. The average Bonchev–Trinajstić information content (AvgIpc) is 3.01. The maximum absolute atomic E-state index is 10.9. The van der Waals surface area contributed by atoms with E-state index in [9.17, 15) is 10.1 Å². The molecule has 1 saturated carbocycles. The molecule has 0 heterocycles. The minimum atomic E-state index is -0.297. The fourth-order valence-corrected chi connectivity index (χ4v) is 2.09. The summed E-state index contributed by atoms with van der Waals surface area (Å²) < 4.78 is 0. The number of benzene rings is 1. The first-order valence-corrected chi connectivity index (χ1v) is 5.51. The molecule has 1 aliphatic rings. The molecule has 0 radical (unpaired) electrons. The summed E-state index contributed by atoms with van der Waals surface area (Å²) in [5, 5.41) is 10.9. The second-order valence-corrected chi connectivity index (χ2v) is 4.71. The molecular weight excluding hydrogens is 204 g/mol. The van der Waals surface area contributed by atoms with Gasteiger partial charge in [-0.15, -0.1) is 0 Å². The van der Waals surface area contributed by atoms with Crippen LogP contribution < -0.4 is 5.73 Å². The van der Waals surface area contributed by atoms with Gasteiger partial charge in [-0.25, -0.2) is 0 Å². The monoisotopic (exact) mass is 220 g/mol. The Morgan fingerprint density at radius 2 is 2.19 bits per heavy atom. The highest BCUT2D eigenvalue weighted by Gasteiger charge is 2.42. The van der Waals surface area contributed by atoms with Gasteiger partial charge in [0.1, 0.15) is 0 Å². The fraction of sp³-hybridized carbons (Fsp3) is 0.500. The van der Waals surface area contributed by atoms with Crippen LogP contribution in [0.3, 0.4) is 0 Å². The highest BCUT2D eigenvalue weighted by molar-refractivity contribution is 5.46. The van der Waals surface area contributed by atoms with Gasteiger partial charge in [0.25, 0.3) is 5.69 Å². The van der Waals surface area contributed by atoms with Gasteiger partial charge in [0, 0.05) is 11.6 Å². The van der Waals surface area contributed by atoms with Crippen LogP contribution in [0.25, 0.3) is 0 Å². The van der Waals surface area contributed by atoms with Crippen LogP contribution in [-0.4, -0.2) is 11.5 Å². The molecule has 86 valence electrons. The van der Waals surface area contributed by atoms with Crippen molar-refractivity contribution in [1.82, 2.24) is 0 Å². The molecule has 4 nitrogen and oxygen atoms in total. The molecule has 2 N–H and O–H groups in total. The predicted molar refractivity (Wildman–Crippen MR) is 62.3 cm³/mol. The molecule has 0 atom stereocenters. The van der Waals surface area contributed by atoms with Crippen molar-refractivity contribution in [1.29, 1.82) is 0 Å². The summed E-state index contributed by atoms with van der Waals surface area (Å²) in [5.41, 5.74) is 7.95. The van der Waals surface area contributed by atoms with E-state index >= 15 is 0 Å². The van der Waals surface area contributed by atoms with Gasteiger partial charge >= 0.3 is 0 Å². The molecule has 0 bridgehead atoms. The van der Waals surface area contributed by atoms with Crippen molar-refractivity contribution in [3.63, 3.8) is 0 Å². The lowest BCUT2D eigenvalue weighted by atomic mass is 9.92. The topological polar surface area (TPSA) is 69.2 Å². The molecule has 0 aliphatic heterocycles. The zero-order valence-corrected chi connectivity index (χ0v) is 9.40. The van der Waals surface area contributed by atoms with Gasteiger partial charge in [-0.3, -0.25) is 10.1 Å². The molecule has 2 rings (SSSR count). The summed E-state index contributed by atoms with van der Waals surface area (Å²) in [7, 11) is 0. The summed E-state index contributed by atoms with van der Waals surface area (Å²) in [4.78, 5) is 10.6. The van der Waals surface area contributed by atoms with Crippen LogP contribution >= 0.6 is 0 Å². The van der Waals surface area contributed by atoms with Crippen LogP contribution in [0, 0.1) is 22.5 Å². The van der Waals surface area contributed by atoms with Crippen LogP contribution in [0.2, 0.25) is 0 Å². The summed E-state index contributed by atoms with van der Waals surface area (Å²) in [6, 6.07) is 5.24. The van der Waals surface area contributed by atoms with Crippen molar-refractivity contribution < 1.29 is 4.92 Å². The molecule has 0 amide bonds. The first-order valence-electron chi connectivity index (χ1n) is 5.51. The van der Waals surface area contributed by atoms with Crippen molar-refractivity contribution in [3.05, 3.63) is 39.4 Å². The molecule has 0 spiro atoms. The summed E-state index contributed by atoms with van der Waals surface area (Å²) in [6.45, 7) is 2.55. The van der Waals surface area contributed by atoms with E-state index in [4.69, 9.17) is 5.73 Å². The van der Waals surface area contributed by atoms with Crippen molar-refractivity contribution in [2.24, 2.45) is 11.1 Å². The van der Waals surface area contributed by atoms with Crippen LogP contribution in [0.1, 0.15) is 24.0 Å². The van der Waals surface area contributed by atoms with E-state index in [0.29, 0.717) is 6.54 Å². The molecule has 1 aromatic carbocycles. The lowest BCUT2D eigenvalue weighted by Gasteiger charge is -2.14. The average molecular weight is 220 g/mol. The highest BCUT2D eigenvalue weighted by atomic mass is 16.6. The highest BCUT2D eigenvalue weighted by Crippen LogP contribution is 2.48. The van der Waals surface area contributed by atoms with E-state index in [0.717, 1.165) is 30.4 Å². The maximum Gasteiger partial charge on any atom is 0.272 e. The summed E-state index contributed by atoms with van der Waals surface area (Å²) in [6.07, 6.45) is 2.93. The van der Waals surface area contributed by atoms with Crippen molar-refractivity contribution in [3.8, 4) is 0 Å². The van der Waals surface area contributed by atoms with Gasteiger partial charge < -0.3 is 5.73 Å². The number of rotatable bonds is 4. The third-order valence-electron chi connectivity index (χ3n) is 3.52. The van der Waals surface area contributed by atoms with Crippen LogP contribution in [0.5, 0.6) is 0 Å². The largest absolute Gasteiger partial charge is 0.330 e. The van der Waals surface area contributed by atoms with Gasteiger partial charge in [0.15, 0.2) is 0 Å². The molecule has 0 aromatic heterocycles. The molecule has 1 aliphatic carbocycles. The minimum Gasteiger partial charge on any atom is -0.330 e. The Kier molecular flexibility index (Phi) is 2.68. The summed E-state index contributed by atoms with van der Waals surface area (Å²) in [5.74, 6) is 0. The number of nitrogens with zero attached hydrogens (tertiary/aromatic N) is 1. The molecule has 1 fully saturated rings. The van der Waals surface area contributed by atoms with Crippen molar-refractivity contribution in [2.75, 3.05) is 6.54 Å². The number of aryl methyl sites for hydroxylation is 1. The second kappa shape index (κ2) is 3.87. The third-order valence-corrected chi connectivity index (χ3v) is 3.52. The Balaban J connectivity index is 2.35. The Labute approximate surface area is 94.6 Å². The second-order valence-electron chi connectivity index (χ2n) is 4.71. The zero-order valence-electron chi connectivity index (χ0n) is 9.40. The van der Waals surface area contributed by atoms with E-state index in [1.165, 1.54) is 0 Å². The van der Waals surface area contributed by atoms with E-state index in [-0.39, 0.29) is 16.0 Å². The Hall–Kier alpha value is -1.42. The number of hydrogen-bond donors (Lipinski definition) is 1. The Bertz CT molecular complexity index is 425. The SMILES string of the molecule is Cc1cccc([N+](=O)[O-])c1CC1(CN)CC1. The first-order chi connectivity index (χ1) is 7.58. The first kappa shape index (κ1) is 11.1. The lowest BCUT2D eigenvalue weighted by Crippen LogP contribution is -2.19. The predicted octanol–water partition coefficient (Wildman–Crippen LogP) is 2.18. The third kappa shape index (κ3) is 1.93. The van der Waals surface area contributed by atoms with Gasteiger partial charge in [-0.05, 0) is 43.7 Å². The van der Waals surface area contributed by atoms with E-state index < -0.39 is 0 Å². The molecule has 1 aromatic rings. The number of hydrogen-bond acceptors (Lipinski definition) is 3. The lowest BCUT2D eigenvalue weighted by molar-refractivity contribution is -0.385. The van der Waals surface area contributed by atoms with Gasteiger partial charge in [-0.2, -0.15) is 0 Å². The quantitative estimate of drug-likeness (QED) is 0.624.